The Morgan fingerprint density at radius 2 is 1.96 bits per heavy atom. The summed E-state index contributed by atoms with van der Waals surface area (Å²) in [7, 11) is -3.49. The van der Waals surface area contributed by atoms with Crippen LogP contribution in [0.15, 0.2) is 39.2 Å². The zero-order chi connectivity index (χ0) is 16.4. The van der Waals surface area contributed by atoms with Gasteiger partial charge in [-0.3, -0.25) is 4.79 Å². The Morgan fingerprint density at radius 3 is 2.52 bits per heavy atom. The monoisotopic (exact) mass is 369 g/mol. The Balaban J connectivity index is 1.78. The second-order valence-corrected chi connectivity index (χ2v) is 10.1. The highest BCUT2D eigenvalue weighted by Crippen LogP contribution is 2.37. The molecular weight excluding hydrogens is 350 g/mol. The van der Waals surface area contributed by atoms with Crippen molar-refractivity contribution in [2.75, 3.05) is 6.54 Å². The number of thiophene rings is 2. The van der Waals surface area contributed by atoms with E-state index in [9.17, 15) is 13.2 Å². The van der Waals surface area contributed by atoms with Crippen LogP contribution in [-0.4, -0.2) is 20.9 Å². The zero-order valence-electron chi connectivity index (χ0n) is 12.8. The van der Waals surface area contributed by atoms with Crippen LogP contribution in [0.3, 0.4) is 0 Å². The van der Waals surface area contributed by atoms with Gasteiger partial charge in [-0.1, -0.05) is 19.1 Å². The minimum atomic E-state index is -3.49. The van der Waals surface area contributed by atoms with Gasteiger partial charge >= 0.3 is 0 Å². The molecule has 1 N–H and O–H groups in total. The molecule has 1 aliphatic rings. The molecule has 0 bridgehead atoms. The van der Waals surface area contributed by atoms with Crippen LogP contribution in [0.1, 0.15) is 29.9 Å². The van der Waals surface area contributed by atoms with Crippen molar-refractivity contribution in [3.63, 3.8) is 0 Å². The summed E-state index contributed by atoms with van der Waals surface area (Å²) in [5.41, 5.74) is 0. The van der Waals surface area contributed by atoms with Crippen LogP contribution in [0, 0.1) is 11.8 Å². The van der Waals surface area contributed by atoms with E-state index in [2.05, 4.69) is 5.32 Å². The van der Waals surface area contributed by atoms with E-state index in [1.54, 1.807) is 17.5 Å². The summed E-state index contributed by atoms with van der Waals surface area (Å²) >= 11 is 2.62. The Bertz CT molecular complexity index is 747. The van der Waals surface area contributed by atoms with Crippen molar-refractivity contribution >= 4 is 38.4 Å². The summed E-state index contributed by atoms with van der Waals surface area (Å²) in [5, 5.41) is 5.75. The first-order chi connectivity index (χ1) is 11.0. The van der Waals surface area contributed by atoms with Crippen LogP contribution in [0.4, 0.5) is 0 Å². The van der Waals surface area contributed by atoms with E-state index in [-0.39, 0.29) is 18.4 Å². The lowest BCUT2D eigenvalue weighted by atomic mass is 10.1. The van der Waals surface area contributed by atoms with E-state index in [0.717, 1.165) is 17.7 Å². The van der Waals surface area contributed by atoms with Crippen molar-refractivity contribution in [3.05, 3.63) is 39.9 Å². The number of hydrogen-bond acceptors (Lipinski definition) is 5. The molecule has 0 spiro atoms. The van der Waals surface area contributed by atoms with Gasteiger partial charge < -0.3 is 5.32 Å². The summed E-state index contributed by atoms with van der Waals surface area (Å²) in [4.78, 5) is 13.0. The molecule has 1 saturated carbocycles. The molecule has 2 aromatic heterocycles. The average Bonchev–Trinajstić information content (AvgIpc) is 3.02. The van der Waals surface area contributed by atoms with Gasteiger partial charge in [0.1, 0.15) is 9.46 Å². The van der Waals surface area contributed by atoms with Crippen LogP contribution in [0.25, 0.3) is 0 Å². The molecule has 7 heteroatoms. The van der Waals surface area contributed by atoms with Crippen LogP contribution < -0.4 is 5.32 Å². The maximum absolute atomic E-state index is 12.9. The standard InChI is InChI=1S/C16H19NO3S3/c1-11(12-6-7-12)16(18)17-10-14(13-4-2-8-21-13)23(19,20)15-5-3-9-22-15/h2-5,8-9,11-12,14H,6-7,10H2,1H3,(H,17,18). The maximum atomic E-state index is 12.9. The predicted molar refractivity (Wildman–Crippen MR) is 93.5 cm³/mol. The van der Waals surface area contributed by atoms with Gasteiger partial charge in [0.25, 0.3) is 0 Å². The molecule has 0 aliphatic heterocycles. The van der Waals surface area contributed by atoms with Crippen LogP contribution in [-0.2, 0) is 14.6 Å². The molecule has 23 heavy (non-hydrogen) atoms. The molecule has 1 amide bonds. The average molecular weight is 370 g/mol. The highest BCUT2D eigenvalue weighted by molar-refractivity contribution is 7.93. The number of rotatable bonds is 7. The maximum Gasteiger partial charge on any atom is 0.223 e. The largest absolute Gasteiger partial charge is 0.354 e. The minimum Gasteiger partial charge on any atom is -0.354 e. The highest BCUT2D eigenvalue weighted by Gasteiger charge is 2.35. The van der Waals surface area contributed by atoms with Gasteiger partial charge in [0.2, 0.25) is 5.91 Å². The molecule has 0 saturated heterocycles. The molecular formula is C16H19NO3S3. The summed E-state index contributed by atoms with van der Waals surface area (Å²) in [6.07, 6.45) is 2.19. The van der Waals surface area contributed by atoms with E-state index in [0.29, 0.717) is 10.1 Å². The van der Waals surface area contributed by atoms with Crippen molar-refractivity contribution in [1.82, 2.24) is 5.32 Å². The molecule has 2 aromatic rings. The molecule has 4 nitrogen and oxygen atoms in total. The van der Waals surface area contributed by atoms with Gasteiger partial charge in [-0.25, -0.2) is 8.42 Å². The third-order valence-corrected chi connectivity index (χ3v) is 8.86. The smallest absolute Gasteiger partial charge is 0.223 e. The van der Waals surface area contributed by atoms with E-state index in [1.165, 1.54) is 22.7 Å². The van der Waals surface area contributed by atoms with Crippen LogP contribution in [0.5, 0.6) is 0 Å². The van der Waals surface area contributed by atoms with Gasteiger partial charge in [-0.2, -0.15) is 0 Å². The molecule has 2 atom stereocenters. The lowest BCUT2D eigenvalue weighted by Crippen LogP contribution is -2.35. The lowest BCUT2D eigenvalue weighted by Gasteiger charge is -2.18. The number of carbonyl (C=O) groups is 1. The van der Waals surface area contributed by atoms with E-state index in [1.807, 2.05) is 24.4 Å². The van der Waals surface area contributed by atoms with E-state index in [4.69, 9.17) is 0 Å². The first-order valence-corrected chi connectivity index (χ1v) is 10.9. The fraction of sp³-hybridized carbons (Fsp3) is 0.438. The van der Waals surface area contributed by atoms with Crippen molar-refractivity contribution in [3.8, 4) is 0 Å². The molecule has 3 rings (SSSR count). The topological polar surface area (TPSA) is 63.2 Å². The van der Waals surface area contributed by atoms with Gasteiger partial charge in [0.05, 0.1) is 0 Å². The number of hydrogen-bond donors (Lipinski definition) is 1. The Labute approximate surface area is 144 Å². The summed E-state index contributed by atoms with van der Waals surface area (Å²) in [6, 6.07) is 7.01. The lowest BCUT2D eigenvalue weighted by molar-refractivity contribution is -0.125. The van der Waals surface area contributed by atoms with Crippen LogP contribution in [0.2, 0.25) is 0 Å². The number of nitrogens with one attached hydrogen (secondary N) is 1. The molecule has 124 valence electrons. The quantitative estimate of drug-likeness (QED) is 0.812. The van der Waals surface area contributed by atoms with Gasteiger partial charge in [-0.05, 0) is 41.7 Å². The van der Waals surface area contributed by atoms with Crippen molar-refractivity contribution in [1.29, 1.82) is 0 Å². The minimum absolute atomic E-state index is 0.0385. The highest BCUT2D eigenvalue weighted by atomic mass is 32.2. The Hall–Kier alpha value is -1.18. The normalized spacial score (nSPS) is 17.6. The Kier molecular flexibility index (Phi) is 4.89. The number of sulfone groups is 1. The van der Waals surface area contributed by atoms with Crippen molar-refractivity contribution in [2.24, 2.45) is 11.8 Å². The molecule has 2 heterocycles. The SMILES string of the molecule is CC(C(=O)NCC(c1cccs1)S(=O)(=O)c1cccs1)C1CC1. The third kappa shape index (κ3) is 3.67. The molecule has 1 aliphatic carbocycles. The predicted octanol–water partition coefficient (Wildman–Crippen LogP) is 3.49. The second kappa shape index (κ2) is 6.75. The third-order valence-electron chi connectivity index (χ3n) is 4.21. The van der Waals surface area contributed by atoms with E-state index >= 15 is 0 Å². The fourth-order valence-corrected chi connectivity index (χ4v) is 6.56. The number of amides is 1. The number of carbonyl (C=O) groups excluding carboxylic acids is 1. The van der Waals surface area contributed by atoms with Gasteiger partial charge in [0.15, 0.2) is 9.84 Å². The molecule has 2 unspecified atom stereocenters. The summed E-state index contributed by atoms with van der Waals surface area (Å²) < 4.78 is 26.1. The first-order valence-electron chi connectivity index (χ1n) is 7.58. The van der Waals surface area contributed by atoms with Crippen LogP contribution >= 0.6 is 22.7 Å². The van der Waals surface area contributed by atoms with Crippen molar-refractivity contribution < 1.29 is 13.2 Å². The zero-order valence-corrected chi connectivity index (χ0v) is 15.2. The fourth-order valence-electron chi connectivity index (χ4n) is 2.57. The Morgan fingerprint density at radius 1 is 1.26 bits per heavy atom. The first kappa shape index (κ1) is 16.7. The summed E-state index contributed by atoms with van der Waals surface area (Å²) in [5.74, 6) is 0.378. The second-order valence-electron chi connectivity index (χ2n) is 5.85. The van der Waals surface area contributed by atoms with E-state index < -0.39 is 15.1 Å². The van der Waals surface area contributed by atoms with Crippen molar-refractivity contribution in [2.45, 2.75) is 29.2 Å². The molecule has 0 aromatic carbocycles. The molecule has 0 radical (unpaired) electrons. The van der Waals surface area contributed by atoms with Gasteiger partial charge in [-0.15, -0.1) is 22.7 Å². The molecule has 1 fully saturated rings. The van der Waals surface area contributed by atoms with Gasteiger partial charge in [0, 0.05) is 17.3 Å². The summed E-state index contributed by atoms with van der Waals surface area (Å²) in [6.45, 7) is 2.04.